The molecule has 0 aliphatic heterocycles. The highest BCUT2D eigenvalue weighted by atomic mass is 32.1. The number of benzene rings is 1. The second-order valence-electron chi connectivity index (χ2n) is 2.81. The first-order valence-corrected chi connectivity index (χ1v) is 4.94. The van der Waals surface area contributed by atoms with Gasteiger partial charge < -0.3 is 5.11 Å². The maximum Gasteiger partial charge on any atom is 0.365 e. The minimum Gasteiger partial charge on any atom is -0.476 e. The molecule has 1 aromatic heterocycles. The molecule has 0 saturated heterocycles. The van der Waals surface area contributed by atoms with Crippen LogP contribution in [0.25, 0.3) is 10.4 Å². The number of thiazole rings is 1. The molecule has 0 spiro atoms. The van der Waals surface area contributed by atoms with E-state index in [1.807, 2.05) is 0 Å². The van der Waals surface area contributed by atoms with Gasteiger partial charge in [-0.3, -0.25) is 0 Å². The van der Waals surface area contributed by atoms with E-state index >= 15 is 0 Å². The molecule has 2 aromatic rings. The van der Waals surface area contributed by atoms with Crippen molar-refractivity contribution in [2.75, 3.05) is 0 Å². The summed E-state index contributed by atoms with van der Waals surface area (Å²) in [6.07, 6.45) is 1.37. The summed E-state index contributed by atoms with van der Waals surface area (Å²) in [4.78, 5) is 14.8. The number of nitrogens with zero attached hydrogens (tertiary/aromatic N) is 1. The summed E-state index contributed by atoms with van der Waals surface area (Å²) in [5.74, 6) is -1.47. The van der Waals surface area contributed by atoms with Gasteiger partial charge in [-0.1, -0.05) is 18.2 Å². The monoisotopic (exact) mass is 223 g/mol. The zero-order valence-electron chi connectivity index (χ0n) is 7.48. The second-order valence-corrected chi connectivity index (χ2v) is 3.85. The highest BCUT2D eigenvalue weighted by molar-refractivity contribution is 7.16. The van der Waals surface area contributed by atoms with E-state index in [4.69, 9.17) is 5.11 Å². The Bertz CT molecular complexity index is 510. The maximum atomic E-state index is 13.3. The summed E-state index contributed by atoms with van der Waals surface area (Å²) >= 11 is 0.958. The Morgan fingerprint density at radius 1 is 1.40 bits per heavy atom. The minimum atomic E-state index is -1.09. The van der Waals surface area contributed by atoms with Gasteiger partial charge in [0, 0.05) is 11.8 Å². The lowest BCUT2D eigenvalue weighted by Crippen LogP contribution is -1.92. The van der Waals surface area contributed by atoms with Gasteiger partial charge in [-0.15, -0.1) is 11.3 Å². The largest absolute Gasteiger partial charge is 0.476 e. The smallest absolute Gasteiger partial charge is 0.365 e. The normalized spacial score (nSPS) is 10.2. The first kappa shape index (κ1) is 9.79. The van der Waals surface area contributed by atoms with Crippen LogP contribution in [-0.4, -0.2) is 16.1 Å². The lowest BCUT2D eigenvalue weighted by molar-refractivity contribution is 0.0696. The number of hydrogen-bond acceptors (Lipinski definition) is 3. The maximum absolute atomic E-state index is 13.3. The third-order valence-electron chi connectivity index (χ3n) is 1.83. The summed E-state index contributed by atoms with van der Waals surface area (Å²) < 4.78 is 13.3. The number of carboxylic acid groups (broad SMARTS) is 1. The van der Waals surface area contributed by atoms with Crippen LogP contribution in [0.5, 0.6) is 0 Å². The average Bonchev–Trinajstić information content (AvgIpc) is 2.67. The molecule has 5 heteroatoms. The Hall–Kier alpha value is -1.75. The molecule has 0 fully saturated rings. The molecule has 0 aliphatic rings. The van der Waals surface area contributed by atoms with Gasteiger partial charge in [-0.05, 0) is 6.07 Å². The lowest BCUT2D eigenvalue weighted by Gasteiger charge is -1.96. The van der Waals surface area contributed by atoms with Crippen LogP contribution in [0.2, 0.25) is 0 Å². The number of aromatic nitrogens is 1. The Kier molecular flexibility index (Phi) is 2.47. The van der Waals surface area contributed by atoms with Gasteiger partial charge in [0.15, 0.2) is 0 Å². The van der Waals surface area contributed by atoms with Gasteiger partial charge >= 0.3 is 5.97 Å². The number of carbonyl (C=O) groups is 1. The van der Waals surface area contributed by atoms with Crippen molar-refractivity contribution in [3.8, 4) is 10.4 Å². The summed E-state index contributed by atoms with van der Waals surface area (Å²) in [6, 6.07) is 6.19. The molecule has 0 unspecified atom stereocenters. The molecule has 3 nitrogen and oxygen atoms in total. The third-order valence-corrected chi connectivity index (χ3v) is 2.85. The molecule has 0 saturated carbocycles. The SMILES string of the molecule is O=C(O)c1ncc(-c2ccccc2F)s1. The number of halogens is 1. The highest BCUT2D eigenvalue weighted by Gasteiger charge is 2.12. The van der Waals surface area contributed by atoms with Crippen LogP contribution in [0.4, 0.5) is 4.39 Å². The third kappa shape index (κ3) is 1.87. The lowest BCUT2D eigenvalue weighted by atomic mass is 10.2. The molecule has 76 valence electrons. The predicted molar refractivity (Wildman–Crippen MR) is 54.5 cm³/mol. The fourth-order valence-electron chi connectivity index (χ4n) is 1.16. The minimum absolute atomic E-state index is 0.0340. The van der Waals surface area contributed by atoms with Crippen LogP contribution < -0.4 is 0 Å². The zero-order chi connectivity index (χ0) is 10.8. The summed E-state index contributed by atoms with van der Waals surface area (Å²) in [7, 11) is 0. The van der Waals surface area contributed by atoms with E-state index in [2.05, 4.69) is 4.98 Å². The quantitative estimate of drug-likeness (QED) is 0.851. The van der Waals surface area contributed by atoms with Crippen molar-refractivity contribution in [2.45, 2.75) is 0 Å². The number of aromatic carboxylic acids is 1. The van der Waals surface area contributed by atoms with Crippen molar-refractivity contribution in [1.29, 1.82) is 0 Å². The zero-order valence-corrected chi connectivity index (χ0v) is 8.29. The van der Waals surface area contributed by atoms with E-state index in [1.54, 1.807) is 18.2 Å². The van der Waals surface area contributed by atoms with Gasteiger partial charge in [0.1, 0.15) is 5.82 Å². The number of hydrogen-bond donors (Lipinski definition) is 1. The average molecular weight is 223 g/mol. The summed E-state index contributed by atoms with van der Waals surface area (Å²) in [5.41, 5.74) is 0.377. The number of carboxylic acids is 1. The van der Waals surface area contributed by atoms with Crippen LogP contribution in [0.3, 0.4) is 0 Å². The van der Waals surface area contributed by atoms with Crippen molar-refractivity contribution in [2.24, 2.45) is 0 Å². The van der Waals surface area contributed by atoms with Crippen LogP contribution >= 0.6 is 11.3 Å². The topological polar surface area (TPSA) is 50.2 Å². The van der Waals surface area contributed by atoms with E-state index in [0.29, 0.717) is 10.4 Å². The van der Waals surface area contributed by atoms with Gasteiger partial charge in [-0.25, -0.2) is 14.2 Å². The van der Waals surface area contributed by atoms with Crippen LogP contribution in [0.15, 0.2) is 30.5 Å². The molecular formula is C10H6FNO2S. The van der Waals surface area contributed by atoms with E-state index in [-0.39, 0.29) is 10.8 Å². The molecule has 0 aliphatic carbocycles. The van der Waals surface area contributed by atoms with Gasteiger partial charge in [0.2, 0.25) is 5.01 Å². The summed E-state index contributed by atoms with van der Waals surface area (Å²) in [6.45, 7) is 0. The molecule has 0 amide bonds. The van der Waals surface area contributed by atoms with Crippen molar-refractivity contribution < 1.29 is 14.3 Å². The first-order valence-electron chi connectivity index (χ1n) is 4.12. The molecule has 1 N–H and O–H groups in total. The Morgan fingerprint density at radius 2 is 2.13 bits per heavy atom. The molecule has 0 bridgehead atoms. The van der Waals surface area contributed by atoms with E-state index < -0.39 is 5.97 Å². The van der Waals surface area contributed by atoms with Crippen molar-refractivity contribution in [3.63, 3.8) is 0 Å². The Balaban J connectivity index is 2.46. The predicted octanol–water partition coefficient (Wildman–Crippen LogP) is 2.65. The van der Waals surface area contributed by atoms with E-state index in [1.165, 1.54) is 12.3 Å². The standard InChI is InChI=1S/C10H6FNO2S/c11-7-4-2-1-3-6(7)8-5-12-9(15-8)10(13)14/h1-5H,(H,13,14). The van der Waals surface area contributed by atoms with Crippen LogP contribution in [-0.2, 0) is 0 Å². The molecule has 0 atom stereocenters. The fourth-order valence-corrected chi connectivity index (χ4v) is 1.94. The molecule has 1 heterocycles. The van der Waals surface area contributed by atoms with Gasteiger partial charge in [0.25, 0.3) is 0 Å². The van der Waals surface area contributed by atoms with Crippen LogP contribution in [0, 0.1) is 5.82 Å². The van der Waals surface area contributed by atoms with Crippen molar-refractivity contribution in [1.82, 2.24) is 4.98 Å². The summed E-state index contributed by atoms with van der Waals surface area (Å²) in [5, 5.41) is 8.63. The van der Waals surface area contributed by atoms with Gasteiger partial charge in [0.05, 0.1) is 4.88 Å². The molecule has 2 rings (SSSR count). The molecular weight excluding hydrogens is 217 g/mol. The number of rotatable bonds is 2. The Morgan fingerprint density at radius 3 is 2.73 bits per heavy atom. The van der Waals surface area contributed by atoms with Crippen LogP contribution in [0.1, 0.15) is 9.80 Å². The second kappa shape index (κ2) is 3.78. The molecule has 1 aromatic carbocycles. The first-order chi connectivity index (χ1) is 7.18. The van der Waals surface area contributed by atoms with Crippen molar-refractivity contribution >= 4 is 17.3 Å². The van der Waals surface area contributed by atoms with E-state index in [9.17, 15) is 9.18 Å². The molecule has 0 radical (unpaired) electrons. The molecule has 15 heavy (non-hydrogen) atoms. The highest BCUT2D eigenvalue weighted by Crippen LogP contribution is 2.27. The van der Waals surface area contributed by atoms with Crippen molar-refractivity contribution in [3.05, 3.63) is 41.3 Å². The van der Waals surface area contributed by atoms with Gasteiger partial charge in [-0.2, -0.15) is 0 Å². The fraction of sp³-hybridized carbons (Fsp3) is 0. The Labute approximate surface area is 88.8 Å². The van der Waals surface area contributed by atoms with E-state index in [0.717, 1.165) is 11.3 Å².